The Morgan fingerprint density at radius 1 is 1.28 bits per heavy atom. The van der Waals surface area contributed by atoms with Crippen molar-refractivity contribution >= 4 is 6.09 Å². The molecule has 7 nitrogen and oxygen atoms in total. The van der Waals surface area contributed by atoms with E-state index in [1.165, 1.54) is 0 Å². The van der Waals surface area contributed by atoms with Crippen molar-refractivity contribution in [2.75, 3.05) is 0 Å². The molecule has 0 bridgehead atoms. The Hall–Kier alpha value is -2.31. The van der Waals surface area contributed by atoms with Gasteiger partial charge in [0.15, 0.2) is 5.82 Å². The zero-order valence-electron chi connectivity index (χ0n) is 16.2. The number of hydrogen-bond acceptors (Lipinski definition) is 4. The molecule has 25 heavy (non-hydrogen) atoms. The maximum Gasteiger partial charge on any atom is 0.408 e. The van der Waals surface area contributed by atoms with Gasteiger partial charge in [-0.1, -0.05) is 0 Å². The van der Waals surface area contributed by atoms with Gasteiger partial charge in [-0.3, -0.25) is 9.25 Å². The fourth-order valence-electron chi connectivity index (χ4n) is 2.48. The van der Waals surface area contributed by atoms with Crippen LogP contribution in [0, 0.1) is 0 Å². The second kappa shape index (κ2) is 6.90. The van der Waals surface area contributed by atoms with Crippen LogP contribution in [0.3, 0.4) is 0 Å². The molecular formula is C18H29N5O2. The monoisotopic (exact) mass is 347 g/mol. The highest BCUT2D eigenvalue weighted by Gasteiger charge is 2.26. The highest BCUT2D eigenvalue weighted by Crippen LogP contribution is 2.18. The zero-order chi connectivity index (χ0) is 18.8. The Kier molecular flexibility index (Phi) is 5.25. The van der Waals surface area contributed by atoms with E-state index < -0.39 is 17.2 Å². The second-order valence-electron chi connectivity index (χ2n) is 8.19. The minimum atomic E-state index is -0.522. The topological polar surface area (TPSA) is 74.0 Å². The van der Waals surface area contributed by atoms with Crippen LogP contribution in [-0.2, 0) is 11.2 Å². The Morgan fingerprint density at radius 3 is 2.52 bits per heavy atom. The Balaban J connectivity index is 2.12. The number of ether oxygens (including phenoxy) is 1. The van der Waals surface area contributed by atoms with Gasteiger partial charge in [-0.2, -0.15) is 5.10 Å². The van der Waals surface area contributed by atoms with Crippen LogP contribution < -0.4 is 5.32 Å². The number of nitrogens with zero attached hydrogens (tertiary/aromatic N) is 4. The van der Waals surface area contributed by atoms with E-state index >= 15 is 0 Å². The number of amides is 1. The molecule has 0 unspecified atom stereocenters. The highest BCUT2D eigenvalue weighted by atomic mass is 16.6. The molecule has 0 fully saturated rings. The van der Waals surface area contributed by atoms with Gasteiger partial charge in [-0.25, -0.2) is 9.78 Å². The minimum absolute atomic E-state index is 0.297. The molecule has 0 aliphatic carbocycles. The van der Waals surface area contributed by atoms with Crippen molar-refractivity contribution in [2.45, 2.75) is 72.1 Å². The summed E-state index contributed by atoms with van der Waals surface area (Å²) in [6.07, 6.45) is 5.67. The number of nitrogens with one attached hydrogen (secondary N) is 1. The quantitative estimate of drug-likeness (QED) is 0.898. The average molecular weight is 347 g/mol. The van der Waals surface area contributed by atoms with Gasteiger partial charge in [0.25, 0.3) is 0 Å². The number of imidazole rings is 1. The van der Waals surface area contributed by atoms with Gasteiger partial charge < -0.3 is 10.1 Å². The van der Waals surface area contributed by atoms with Crippen molar-refractivity contribution in [1.82, 2.24) is 24.6 Å². The number of alkyl carbamates (subject to hydrolysis) is 1. The molecule has 2 rings (SSSR count). The number of hydrogen-bond donors (Lipinski definition) is 1. The van der Waals surface area contributed by atoms with E-state index in [1.54, 1.807) is 12.5 Å². The first kappa shape index (κ1) is 19.0. The van der Waals surface area contributed by atoms with Gasteiger partial charge in [-0.05, 0) is 48.5 Å². The molecular weight excluding hydrogens is 318 g/mol. The van der Waals surface area contributed by atoms with Gasteiger partial charge in [-0.15, -0.1) is 0 Å². The summed E-state index contributed by atoms with van der Waals surface area (Å²) in [7, 11) is 0. The van der Waals surface area contributed by atoms with Gasteiger partial charge >= 0.3 is 6.09 Å². The maximum atomic E-state index is 12.1. The van der Waals surface area contributed by atoms with E-state index in [4.69, 9.17) is 4.74 Å². The van der Waals surface area contributed by atoms with E-state index in [0.29, 0.717) is 12.5 Å². The second-order valence-corrected chi connectivity index (χ2v) is 8.19. The zero-order valence-corrected chi connectivity index (χ0v) is 16.2. The van der Waals surface area contributed by atoms with Crippen LogP contribution in [0.25, 0.3) is 5.82 Å². The predicted octanol–water partition coefficient (Wildman–Crippen LogP) is 3.50. The van der Waals surface area contributed by atoms with E-state index in [0.717, 1.165) is 11.5 Å². The molecule has 0 radical (unpaired) electrons. The van der Waals surface area contributed by atoms with Crippen molar-refractivity contribution in [1.29, 1.82) is 0 Å². The third kappa shape index (κ3) is 5.34. The molecule has 2 aromatic heterocycles. The van der Waals surface area contributed by atoms with Crippen molar-refractivity contribution in [3.63, 3.8) is 0 Å². The first-order chi connectivity index (χ1) is 11.5. The van der Waals surface area contributed by atoms with Crippen LogP contribution in [0.2, 0.25) is 0 Å². The molecule has 0 aromatic carbocycles. The van der Waals surface area contributed by atoms with E-state index in [2.05, 4.69) is 29.2 Å². The van der Waals surface area contributed by atoms with Crippen molar-refractivity contribution in [3.05, 3.63) is 30.5 Å². The average Bonchev–Trinajstić information content (AvgIpc) is 3.02. The largest absolute Gasteiger partial charge is 0.444 e. The standard InChI is InChI=1S/C18H29N5O2/c1-13(2)23-9-8-15(21-23)22-12-19-11-14(22)10-18(6,7)20-16(24)25-17(3,4)5/h8-9,11-13H,10H2,1-7H3,(H,20,24). The summed E-state index contributed by atoms with van der Waals surface area (Å²) >= 11 is 0. The first-order valence-corrected chi connectivity index (χ1v) is 8.55. The van der Waals surface area contributed by atoms with Crippen LogP contribution in [0.1, 0.15) is 60.2 Å². The van der Waals surface area contributed by atoms with Crippen LogP contribution in [-0.4, -0.2) is 36.6 Å². The first-order valence-electron chi connectivity index (χ1n) is 8.55. The third-order valence-corrected chi connectivity index (χ3v) is 3.55. The van der Waals surface area contributed by atoms with Gasteiger partial charge in [0.05, 0.1) is 0 Å². The molecule has 1 amide bonds. The van der Waals surface area contributed by atoms with E-state index in [1.807, 2.05) is 56.1 Å². The maximum absolute atomic E-state index is 12.1. The van der Waals surface area contributed by atoms with Crippen LogP contribution in [0.4, 0.5) is 4.79 Å². The lowest BCUT2D eigenvalue weighted by Gasteiger charge is -2.28. The molecule has 0 aliphatic heterocycles. The smallest absolute Gasteiger partial charge is 0.408 e. The number of rotatable bonds is 5. The summed E-state index contributed by atoms with van der Waals surface area (Å²) in [4.78, 5) is 16.3. The lowest BCUT2D eigenvalue weighted by Crippen LogP contribution is -2.47. The van der Waals surface area contributed by atoms with Gasteiger partial charge in [0, 0.05) is 42.2 Å². The van der Waals surface area contributed by atoms with Crippen LogP contribution in [0.15, 0.2) is 24.8 Å². The number of aromatic nitrogens is 4. The predicted molar refractivity (Wildman–Crippen MR) is 96.9 cm³/mol. The van der Waals surface area contributed by atoms with Gasteiger partial charge in [0.1, 0.15) is 11.9 Å². The van der Waals surface area contributed by atoms with Crippen molar-refractivity contribution in [2.24, 2.45) is 0 Å². The lowest BCUT2D eigenvalue weighted by atomic mass is 9.99. The van der Waals surface area contributed by atoms with Crippen LogP contribution >= 0.6 is 0 Å². The summed E-state index contributed by atoms with van der Waals surface area (Å²) in [6, 6.07) is 2.26. The fourth-order valence-corrected chi connectivity index (χ4v) is 2.48. The molecule has 2 aromatic rings. The molecule has 0 saturated carbocycles. The molecule has 0 saturated heterocycles. The Labute approximate surface area is 149 Å². The van der Waals surface area contributed by atoms with Crippen LogP contribution in [0.5, 0.6) is 0 Å². The third-order valence-electron chi connectivity index (χ3n) is 3.55. The van der Waals surface area contributed by atoms with Crippen molar-refractivity contribution in [3.8, 4) is 5.82 Å². The summed E-state index contributed by atoms with van der Waals surface area (Å²) in [5.41, 5.74) is -0.0399. The number of carbonyl (C=O) groups excluding carboxylic acids is 1. The molecule has 2 heterocycles. The summed E-state index contributed by atoms with van der Waals surface area (Å²) in [5.74, 6) is 0.814. The highest BCUT2D eigenvalue weighted by molar-refractivity contribution is 5.68. The molecule has 7 heteroatoms. The normalized spacial score (nSPS) is 12.5. The SMILES string of the molecule is CC(C)n1ccc(-n2cncc2CC(C)(C)NC(=O)OC(C)(C)C)n1. The summed E-state index contributed by atoms with van der Waals surface area (Å²) < 4.78 is 9.20. The van der Waals surface area contributed by atoms with E-state index in [9.17, 15) is 4.79 Å². The summed E-state index contributed by atoms with van der Waals surface area (Å²) in [5, 5.41) is 7.51. The molecule has 138 valence electrons. The summed E-state index contributed by atoms with van der Waals surface area (Å²) in [6.45, 7) is 13.6. The molecule has 0 atom stereocenters. The number of carbonyl (C=O) groups is 1. The Morgan fingerprint density at radius 2 is 1.96 bits per heavy atom. The van der Waals surface area contributed by atoms with Crippen molar-refractivity contribution < 1.29 is 9.53 Å². The fraction of sp³-hybridized carbons (Fsp3) is 0.611. The lowest BCUT2D eigenvalue weighted by molar-refractivity contribution is 0.0472. The molecule has 0 spiro atoms. The molecule has 1 N–H and O–H groups in total. The Bertz CT molecular complexity index is 722. The van der Waals surface area contributed by atoms with Gasteiger partial charge in [0.2, 0.25) is 0 Å². The van der Waals surface area contributed by atoms with E-state index in [-0.39, 0.29) is 0 Å². The molecule has 0 aliphatic rings. The minimum Gasteiger partial charge on any atom is -0.444 e.